The van der Waals surface area contributed by atoms with Gasteiger partial charge in [0, 0.05) is 25.3 Å². The first kappa shape index (κ1) is 28.5. The number of thiazole rings is 1. The molecule has 2 N–H and O–H groups in total. The molecule has 0 radical (unpaired) electrons. The predicted octanol–water partition coefficient (Wildman–Crippen LogP) is 4.86. The second-order valence-corrected chi connectivity index (χ2v) is 11.7. The second kappa shape index (κ2) is 12.6. The number of amides is 1. The standard InChI is InChI=1S/C27H31N3O7S2/c1-4-37-26(32)19-5-8-21(9-6-19)30-39(33,34)23-16-20(7-10-22(23)35-3)25-17(2)28-27(38-25)29-24(31)15-18-11-13-36-14-12-18/h5-10,16,18,30H,4,11-15H2,1-3H3,(H,28,29,31). The van der Waals surface area contributed by atoms with Crippen molar-refractivity contribution in [3.63, 3.8) is 0 Å². The molecular weight excluding hydrogens is 542 g/mol. The summed E-state index contributed by atoms with van der Waals surface area (Å²) < 4.78 is 44.9. The van der Waals surface area contributed by atoms with Crippen molar-refractivity contribution < 1.29 is 32.2 Å². The van der Waals surface area contributed by atoms with E-state index in [0.717, 1.165) is 17.7 Å². The Morgan fingerprint density at radius 1 is 1.13 bits per heavy atom. The van der Waals surface area contributed by atoms with Crippen LogP contribution < -0.4 is 14.8 Å². The van der Waals surface area contributed by atoms with Crippen LogP contribution in [0.4, 0.5) is 10.8 Å². The van der Waals surface area contributed by atoms with Gasteiger partial charge in [0.1, 0.15) is 10.6 Å². The summed E-state index contributed by atoms with van der Waals surface area (Å²) in [5, 5.41) is 3.34. The molecule has 1 saturated heterocycles. The maximum Gasteiger partial charge on any atom is 0.338 e. The van der Waals surface area contributed by atoms with Crippen molar-refractivity contribution in [2.24, 2.45) is 5.92 Å². The number of aryl methyl sites for hydroxylation is 1. The third kappa shape index (κ3) is 7.14. The monoisotopic (exact) mass is 573 g/mol. The van der Waals surface area contributed by atoms with E-state index in [2.05, 4.69) is 15.0 Å². The van der Waals surface area contributed by atoms with Crippen LogP contribution in [0, 0.1) is 12.8 Å². The SMILES string of the molecule is CCOC(=O)c1ccc(NS(=O)(=O)c2cc(-c3sc(NC(=O)CC4CCOCC4)nc3C)ccc2OC)cc1. The molecule has 0 bridgehead atoms. The minimum Gasteiger partial charge on any atom is -0.495 e. The summed E-state index contributed by atoms with van der Waals surface area (Å²) in [7, 11) is -2.66. The number of hydrogen-bond donors (Lipinski definition) is 2. The Morgan fingerprint density at radius 3 is 2.51 bits per heavy atom. The maximum absolute atomic E-state index is 13.4. The maximum atomic E-state index is 13.4. The smallest absolute Gasteiger partial charge is 0.338 e. The molecule has 0 spiro atoms. The van der Waals surface area contributed by atoms with Crippen molar-refractivity contribution in [2.75, 3.05) is 37.0 Å². The Morgan fingerprint density at radius 2 is 1.85 bits per heavy atom. The topological polar surface area (TPSA) is 133 Å². The lowest BCUT2D eigenvalue weighted by molar-refractivity contribution is -0.117. The number of aromatic nitrogens is 1. The molecule has 0 aliphatic carbocycles. The molecule has 0 saturated carbocycles. The average Bonchev–Trinajstić information content (AvgIpc) is 3.28. The Labute approximate surface area is 231 Å². The summed E-state index contributed by atoms with van der Waals surface area (Å²) in [6.45, 7) is 5.11. The number of methoxy groups -OCH3 is 1. The summed E-state index contributed by atoms with van der Waals surface area (Å²) in [4.78, 5) is 29.6. The zero-order valence-electron chi connectivity index (χ0n) is 22.0. The van der Waals surface area contributed by atoms with Gasteiger partial charge in [0.25, 0.3) is 10.0 Å². The highest BCUT2D eigenvalue weighted by atomic mass is 32.2. The van der Waals surface area contributed by atoms with Gasteiger partial charge in [0.15, 0.2) is 5.13 Å². The number of sulfonamides is 1. The van der Waals surface area contributed by atoms with Crippen LogP contribution in [0.3, 0.4) is 0 Å². The molecule has 1 aliphatic heterocycles. The fraction of sp³-hybridized carbons (Fsp3) is 0.370. The second-order valence-electron chi connectivity index (χ2n) is 9.01. The minimum absolute atomic E-state index is 0.0603. The third-order valence-corrected chi connectivity index (χ3v) is 8.75. The van der Waals surface area contributed by atoms with Crippen LogP contribution in [-0.2, 0) is 24.3 Å². The van der Waals surface area contributed by atoms with Crippen LogP contribution in [0.15, 0.2) is 47.4 Å². The van der Waals surface area contributed by atoms with Crippen molar-refractivity contribution in [2.45, 2.75) is 38.0 Å². The quantitative estimate of drug-likeness (QED) is 0.329. The summed E-state index contributed by atoms with van der Waals surface area (Å²) in [5.74, 6) is -0.122. The average molecular weight is 574 g/mol. The van der Waals surface area contributed by atoms with E-state index in [0.29, 0.717) is 47.5 Å². The molecular formula is C27H31N3O7S2. The van der Waals surface area contributed by atoms with Crippen molar-refractivity contribution >= 4 is 44.1 Å². The van der Waals surface area contributed by atoms with Crippen LogP contribution in [0.25, 0.3) is 10.4 Å². The zero-order valence-corrected chi connectivity index (χ0v) is 23.6. The molecule has 4 rings (SSSR count). The number of carbonyl (C=O) groups excluding carboxylic acids is 2. The first-order valence-corrected chi connectivity index (χ1v) is 14.8. The Kier molecular flexibility index (Phi) is 9.20. The fourth-order valence-corrected chi connectivity index (χ4v) is 6.46. The molecule has 208 valence electrons. The molecule has 1 aliphatic rings. The number of nitrogens with one attached hydrogen (secondary N) is 2. The highest BCUT2D eigenvalue weighted by Gasteiger charge is 2.23. The van der Waals surface area contributed by atoms with Gasteiger partial charge in [0.2, 0.25) is 5.91 Å². The van der Waals surface area contributed by atoms with E-state index in [4.69, 9.17) is 14.2 Å². The van der Waals surface area contributed by atoms with Gasteiger partial charge in [-0.1, -0.05) is 11.3 Å². The van der Waals surface area contributed by atoms with E-state index in [1.807, 2.05) is 6.92 Å². The first-order valence-electron chi connectivity index (χ1n) is 12.5. The van der Waals surface area contributed by atoms with Crippen molar-refractivity contribution in [3.8, 4) is 16.2 Å². The molecule has 1 aromatic heterocycles. The zero-order chi connectivity index (χ0) is 28.0. The number of anilines is 2. The molecule has 1 amide bonds. The summed E-state index contributed by atoms with van der Waals surface area (Å²) in [5.41, 5.74) is 1.88. The molecule has 1 fully saturated rings. The van der Waals surface area contributed by atoms with Crippen LogP contribution >= 0.6 is 11.3 Å². The lowest BCUT2D eigenvalue weighted by Gasteiger charge is -2.20. The van der Waals surface area contributed by atoms with E-state index in [-0.39, 0.29) is 28.8 Å². The van der Waals surface area contributed by atoms with Gasteiger partial charge in [-0.3, -0.25) is 9.52 Å². The number of carbonyl (C=O) groups is 2. The number of esters is 1. The van der Waals surface area contributed by atoms with Gasteiger partial charge < -0.3 is 19.5 Å². The van der Waals surface area contributed by atoms with Gasteiger partial charge in [-0.25, -0.2) is 18.2 Å². The van der Waals surface area contributed by atoms with E-state index in [1.54, 1.807) is 19.1 Å². The number of rotatable bonds is 10. The molecule has 0 atom stereocenters. The largest absolute Gasteiger partial charge is 0.495 e. The van der Waals surface area contributed by atoms with E-state index in [1.165, 1.54) is 48.8 Å². The number of ether oxygens (including phenoxy) is 3. The van der Waals surface area contributed by atoms with Gasteiger partial charge >= 0.3 is 5.97 Å². The first-order chi connectivity index (χ1) is 18.7. The van der Waals surface area contributed by atoms with Crippen molar-refractivity contribution in [1.82, 2.24) is 4.98 Å². The van der Waals surface area contributed by atoms with Crippen LogP contribution in [-0.4, -0.2) is 52.2 Å². The predicted molar refractivity (Wildman–Crippen MR) is 149 cm³/mol. The van der Waals surface area contributed by atoms with Gasteiger partial charge in [-0.15, -0.1) is 0 Å². The number of benzene rings is 2. The lowest BCUT2D eigenvalue weighted by atomic mass is 9.96. The van der Waals surface area contributed by atoms with Crippen LogP contribution in [0.5, 0.6) is 5.75 Å². The summed E-state index contributed by atoms with van der Waals surface area (Å²) in [6, 6.07) is 10.8. The molecule has 10 nitrogen and oxygen atoms in total. The van der Waals surface area contributed by atoms with Crippen LogP contribution in [0.1, 0.15) is 42.2 Å². The normalized spacial score (nSPS) is 14.0. The van der Waals surface area contributed by atoms with E-state index >= 15 is 0 Å². The molecule has 2 aromatic carbocycles. The molecule has 2 heterocycles. The molecule has 12 heteroatoms. The Hall–Kier alpha value is -3.48. The lowest BCUT2D eigenvalue weighted by Crippen LogP contribution is -2.22. The van der Waals surface area contributed by atoms with Crippen molar-refractivity contribution in [1.29, 1.82) is 0 Å². The van der Waals surface area contributed by atoms with E-state index < -0.39 is 16.0 Å². The van der Waals surface area contributed by atoms with Crippen molar-refractivity contribution in [3.05, 3.63) is 53.7 Å². The third-order valence-electron chi connectivity index (χ3n) is 6.22. The highest BCUT2D eigenvalue weighted by Crippen LogP contribution is 2.37. The number of hydrogen-bond acceptors (Lipinski definition) is 9. The molecule has 3 aromatic rings. The Balaban J connectivity index is 1.53. The fourth-order valence-electron chi connectivity index (χ4n) is 4.23. The van der Waals surface area contributed by atoms with Gasteiger partial charge in [-0.2, -0.15) is 0 Å². The van der Waals surface area contributed by atoms with Gasteiger partial charge in [-0.05, 0) is 80.6 Å². The van der Waals surface area contributed by atoms with Crippen LogP contribution in [0.2, 0.25) is 0 Å². The molecule has 39 heavy (non-hydrogen) atoms. The number of nitrogens with zero attached hydrogens (tertiary/aromatic N) is 1. The van der Waals surface area contributed by atoms with Gasteiger partial charge in [0.05, 0.1) is 29.9 Å². The Bertz CT molecular complexity index is 1430. The summed E-state index contributed by atoms with van der Waals surface area (Å²) >= 11 is 1.28. The highest BCUT2D eigenvalue weighted by molar-refractivity contribution is 7.92. The van der Waals surface area contributed by atoms with E-state index in [9.17, 15) is 18.0 Å². The molecule has 0 unspecified atom stereocenters. The minimum atomic E-state index is -4.06. The summed E-state index contributed by atoms with van der Waals surface area (Å²) in [6.07, 6.45) is 2.14.